The van der Waals surface area contributed by atoms with E-state index < -0.39 is 0 Å². The lowest BCUT2D eigenvalue weighted by molar-refractivity contribution is 0.157. The number of hydrogen-bond acceptors (Lipinski definition) is 2. The van der Waals surface area contributed by atoms with Crippen LogP contribution in [0.2, 0.25) is 0 Å². The molecule has 1 saturated carbocycles. The van der Waals surface area contributed by atoms with Gasteiger partial charge in [-0.15, -0.1) is 0 Å². The van der Waals surface area contributed by atoms with Crippen molar-refractivity contribution in [2.24, 2.45) is 0 Å². The van der Waals surface area contributed by atoms with Crippen LogP contribution in [0.25, 0.3) is 0 Å². The fraction of sp³-hybridized carbons (Fsp3) is 0.406. The molecule has 0 radical (unpaired) electrons. The quantitative estimate of drug-likeness (QED) is 0.354. The second-order valence-electron chi connectivity index (χ2n) is 10.7. The molecule has 0 aliphatic heterocycles. The molecule has 36 heavy (non-hydrogen) atoms. The van der Waals surface area contributed by atoms with E-state index in [-0.39, 0.29) is 17.8 Å². The maximum Gasteiger partial charge on any atom is 0.322 e. The van der Waals surface area contributed by atoms with Gasteiger partial charge in [-0.25, -0.2) is 4.79 Å². The number of amides is 2. The van der Waals surface area contributed by atoms with Crippen LogP contribution in [0.1, 0.15) is 93.4 Å². The third-order valence-corrected chi connectivity index (χ3v) is 7.61. The van der Waals surface area contributed by atoms with E-state index in [1.807, 2.05) is 23.1 Å². The Morgan fingerprint density at radius 2 is 1.42 bits per heavy atom. The van der Waals surface area contributed by atoms with Crippen molar-refractivity contribution in [1.82, 2.24) is 4.90 Å². The van der Waals surface area contributed by atoms with E-state index in [9.17, 15) is 9.90 Å². The summed E-state index contributed by atoms with van der Waals surface area (Å²) in [7, 11) is 0. The summed E-state index contributed by atoms with van der Waals surface area (Å²) in [6.07, 6.45) is 4.00. The molecular formula is C32H40N2O2. The smallest absolute Gasteiger partial charge is 0.322 e. The first-order valence-electron chi connectivity index (χ1n) is 13.4. The van der Waals surface area contributed by atoms with Gasteiger partial charge < -0.3 is 15.3 Å². The predicted octanol–water partition coefficient (Wildman–Crippen LogP) is 8.40. The van der Waals surface area contributed by atoms with Crippen LogP contribution in [0, 0.1) is 0 Å². The van der Waals surface area contributed by atoms with Crippen LogP contribution in [0.15, 0.2) is 72.8 Å². The summed E-state index contributed by atoms with van der Waals surface area (Å²) in [5, 5.41) is 13.8. The third-order valence-electron chi connectivity index (χ3n) is 7.61. The Labute approximate surface area is 216 Å². The van der Waals surface area contributed by atoms with Gasteiger partial charge in [-0.05, 0) is 66.2 Å². The number of carbonyl (C=O) groups is 1. The normalized spacial score (nSPS) is 17.8. The van der Waals surface area contributed by atoms with Crippen LogP contribution in [0.4, 0.5) is 10.5 Å². The second kappa shape index (κ2) is 11.6. The monoisotopic (exact) mass is 484 g/mol. The Morgan fingerprint density at radius 3 is 2.00 bits per heavy atom. The number of nitrogens with one attached hydrogen (secondary N) is 1. The van der Waals surface area contributed by atoms with Crippen molar-refractivity contribution in [2.45, 2.75) is 83.7 Å². The van der Waals surface area contributed by atoms with Gasteiger partial charge in [0.25, 0.3) is 0 Å². The Morgan fingerprint density at radius 1 is 0.833 bits per heavy atom. The minimum atomic E-state index is -0.0867. The maximum absolute atomic E-state index is 14.0. The average Bonchev–Trinajstić information content (AvgIpc) is 2.88. The van der Waals surface area contributed by atoms with Crippen LogP contribution in [-0.4, -0.2) is 22.1 Å². The van der Waals surface area contributed by atoms with Gasteiger partial charge >= 0.3 is 6.03 Å². The number of phenols is 1. The van der Waals surface area contributed by atoms with Gasteiger partial charge in [0.05, 0.1) is 6.54 Å². The summed E-state index contributed by atoms with van der Waals surface area (Å²) in [5.74, 6) is 1.37. The first-order valence-corrected chi connectivity index (χ1v) is 13.4. The maximum atomic E-state index is 14.0. The first-order chi connectivity index (χ1) is 17.3. The fourth-order valence-electron chi connectivity index (χ4n) is 5.51. The van der Waals surface area contributed by atoms with Crippen LogP contribution in [0.3, 0.4) is 0 Å². The molecule has 3 aromatic carbocycles. The molecule has 1 fully saturated rings. The molecule has 2 amide bonds. The van der Waals surface area contributed by atoms with E-state index in [0.717, 1.165) is 48.1 Å². The Balaban J connectivity index is 1.60. The van der Waals surface area contributed by atoms with E-state index in [2.05, 4.69) is 81.5 Å². The lowest BCUT2D eigenvalue weighted by atomic mass is 9.81. The molecule has 1 aliphatic rings. The first kappa shape index (κ1) is 25.8. The highest BCUT2D eigenvalue weighted by Crippen LogP contribution is 2.37. The topological polar surface area (TPSA) is 52.6 Å². The standard InChI is InChI=1S/C32H40N2O2/c1-22(2)28-14-10-15-29(23(3)4)31(28)33-32(36)34(21-26-13-8-9-16-30(26)35)27-19-17-25(18-20-27)24-11-6-5-7-12-24/h5-16,22-23,25,27,35H,17-21H2,1-4H3,(H,33,36)/t25-,27-. The number of nitrogens with zero attached hydrogens (tertiary/aromatic N) is 1. The van der Waals surface area contributed by atoms with Gasteiger partial charge in [-0.2, -0.15) is 0 Å². The van der Waals surface area contributed by atoms with Crippen molar-refractivity contribution in [3.05, 3.63) is 95.1 Å². The zero-order chi connectivity index (χ0) is 25.7. The molecule has 3 aromatic rings. The summed E-state index contributed by atoms with van der Waals surface area (Å²) in [5.41, 5.74) is 5.42. The van der Waals surface area contributed by atoms with E-state index in [0.29, 0.717) is 24.3 Å². The van der Waals surface area contributed by atoms with Crippen molar-refractivity contribution in [2.75, 3.05) is 5.32 Å². The molecule has 4 rings (SSSR count). The molecule has 4 heteroatoms. The van der Waals surface area contributed by atoms with E-state index in [1.165, 1.54) is 5.56 Å². The van der Waals surface area contributed by atoms with E-state index in [1.54, 1.807) is 6.07 Å². The number of hydrogen-bond donors (Lipinski definition) is 2. The van der Waals surface area contributed by atoms with Crippen molar-refractivity contribution >= 4 is 11.7 Å². The summed E-state index contributed by atoms with van der Waals surface area (Å²) >= 11 is 0. The zero-order valence-electron chi connectivity index (χ0n) is 22.1. The summed E-state index contributed by atoms with van der Waals surface area (Å²) in [6.45, 7) is 9.05. The number of carbonyl (C=O) groups excluding carboxylic acids is 1. The number of benzene rings is 3. The molecule has 0 atom stereocenters. The second-order valence-corrected chi connectivity index (χ2v) is 10.7. The molecule has 2 N–H and O–H groups in total. The molecule has 1 aliphatic carbocycles. The van der Waals surface area contributed by atoms with Crippen LogP contribution < -0.4 is 5.32 Å². The number of anilines is 1. The number of aromatic hydroxyl groups is 1. The number of rotatable bonds is 7. The minimum absolute atomic E-state index is 0.0867. The Kier molecular flexibility index (Phi) is 8.35. The number of urea groups is 1. The molecule has 190 valence electrons. The fourth-order valence-corrected chi connectivity index (χ4v) is 5.51. The Bertz CT molecular complexity index is 1120. The minimum Gasteiger partial charge on any atom is -0.508 e. The van der Waals surface area contributed by atoms with Crippen molar-refractivity contribution in [1.29, 1.82) is 0 Å². The highest BCUT2D eigenvalue weighted by Gasteiger charge is 2.31. The summed E-state index contributed by atoms with van der Waals surface area (Å²) in [6, 6.07) is 24.4. The molecule has 0 heterocycles. The summed E-state index contributed by atoms with van der Waals surface area (Å²) in [4.78, 5) is 15.9. The lowest BCUT2D eigenvalue weighted by Crippen LogP contribution is -2.44. The van der Waals surface area contributed by atoms with Crippen molar-refractivity contribution in [3.8, 4) is 5.75 Å². The lowest BCUT2D eigenvalue weighted by Gasteiger charge is -2.37. The zero-order valence-corrected chi connectivity index (χ0v) is 22.1. The van der Waals surface area contributed by atoms with Gasteiger partial charge in [0.1, 0.15) is 5.75 Å². The Hall–Kier alpha value is -3.27. The van der Waals surface area contributed by atoms with Gasteiger partial charge in [0.15, 0.2) is 0 Å². The highest BCUT2D eigenvalue weighted by molar-refractivity contribution is 5.91. The van der Waals surface area contributed by atoms with Crippen LogP contribution in [0.5, 0.6) is 5.75 Å². The molecule has 0 aromatic heterocycles. The van der Waals surface area contributed by atoms with E-state index in [4.69, 9.17) is 0 Å². The van der Waals surface area contributed by atoms with Gasteiger partial charge in [0, 0.05) is 17.3 Å². The molecule has 4 nitrogen and oxygen atoms in total. The molecule has 0 bridgehead atoms. The van der Waals surface area contributed by atoms with Crippen molar-refractivity contribution in [3.63, 3.8) is 0 Å². The van der Waals surface area contributed by atoms with Gasteiger partial charge in [0.2, 0.25) is 0 Å². The number of para-hydroxylation sites is 2. The van der Waals surface area contributed by atoms with E-state index >= 15 is 0 Å². The predicted molar refractivity (Wildman–Crippen MR) is 149 cm³/mol. The molecule has 0 spiro atoms. The average molecular weight is 485 g/mol. The number of phenolic OH excluding ortho intramolecular Hbond substituents is 1. The molecule has 0 unspecified atom stereocenters. The van der Waals surface area contributed by atoms with Gasteiger partial charge in [-0.3, -0.25) is 0 Å². The molecule has 0 saturated heterocycles. The summed E-state index contributed by atoms with van der Waals surface area (Å²) < 4.78 is 0. The largest absolute Gasteiger partial charge is 0.508 e. The van der Waals surface area contributed by atoms with Crippen LogP contribution in [-0.2, 0) is 6.54 Å². The van der Waals surface area contributed by atoms with Crippen molar-refractivity contribution < 1.29 is 9.90 Å². The van der Waals surface area contributed by atoms with Crippen LogP contribution >= 0.6 is 0 Å². The third kappa shape index (κ3) is 5.92. The SMILES string of the molecule is CC(C)c1cccc(C(C)C)c1NC(=O)N(Cc1ccccc1O)[C@H]1CC[C@H](c2ccccc2)CC1. The highest BCUT2D eigenvalue weighted by atomic mass is 16.3. The molecular weight excluding hydrogens is 444 g/mol. The van der Waals surface area contributed by atoms with Gasteiger partial charge in [-0.1, -0.05) is 94.4 Å².